The van der Waals surface area contributed by atoms with E-state index in [1.54, 1.807) is 0 Å². The molecule has 0 aliphatic carbocycles. The van der Waals surface area contributed by atoms with Crippen molar-refractivity contribution in [2.75, 3.05) is 0 Å². The van der Waals surface area contributed by atoms with E-state index >= 15 is 0 Å². The van der Waals surface area contributed by atoms with Crippen molar-refractivity contribution in [2.45, 2.75) is 13.0 Å². The molecule has 0 saturated heterocycles. The summed E-state index contributed by atoms with van der Waals surface area (Å²) in [6, 6.07) is 4.18. The van der Waals surface area contributed by atoms with Gasteiger partial charge in [-0.1, -0.05) is 0 Å². The van der Waals surface area contributed by atoms with Crippen molar-refractivity contribution in [3.8, 4) is 11.5 Å². The van der Waals surface area contributed by atoms with Gasteiger partial charge in [0.25, 0.3) is 0 Å². The van der Waals surface area contributed by atoms with Gasteiger partial charge in [-0.3, -0.25) is 9.59 Å². The van der Waals surface area contributed by atoms with Gasteiger partial charge in [-0.25, -0.2) is 0 Å². The third-order valence-corrected chi connectivity index (χ3v) is 2.08. The average Bonchev–Trinajstić information content (AvgIpc) is 2.43. The highest BCUT2D eigenvalue weighted by Gasteiger charge is 2.35. The van der Waals surface area contributed by atoms with Gasteiger partial charge in [0, 0.05) is 6.07 Å². The number of ether oxygens (including phenoxy) is 1. The van der Waals surface area contributed by atoms with Crippen LogP contribution in [0.2, 0.25) is 0 Å². The van der Waals surface area contributed by atoms with Gasteiger partial charge in [0.1, 0.15) is 11.5 Å². The minimum absolute atomic E-state index is 0.0146. The van der Waals surface area contributed by atoms with Crippen LogP contribution in [0.3, 0.4) is 0 Å². The maximum Gasteiger partial charge on any atom is 0.219 e. The lowest BCUT2D eigenvalue weighted by molar-refractivity contribution is -0.121. The number of benzene rings is 1. The van der Waals surface area contributed by atoms with E-state index in [1.807, 2.05) is 0 Å². The molecule has 1 aromatic carbocycles. The predicted octanol–water partition coefficient (Wildman–Crippen LogP) is 0.925. The first kappa shape index (κ1) is 8.74. The Morgan fingerprint density at radius 1 is 1.50 bits per heavy atom. The molecule has 0 spiro atoms. The van der Waals surface area contributed by atoms with Gasteiger partial charge in [0.15, 0.2) is 5.78 Å². The molecule has 1 heterocycles. The quantitative estimate of drug-likeness (QED) is 0.672. The second-order valence-corrected chi connectivity index (χ2v) is 3.15. The molecule has 1 aliphatic heterocycles. The highest BCUT2D eigenvalue weighted by atomic mass is 16.5. The van der Waals surface area contributed by atoms with Crippen LogP contribution in [-0.4, -0.2) is 22.8 Å². The molecule has 1 unspecified atom stereocenters. The zero-order valence-electron chi connectivity index (χ0n) is 7.48. The summed E-state index contributed by atoms with van der Waals surface area (Å²) in [7, 11) is 0. The van der Waals surface area contributed by atoms with Gasteiger partial charge in [0.2, 0.25) is 11.9 Å². The Bertz CT molecular complexity index is 422. The van der Waals surface area contributed by atoms with Crippen LogP contribution in [0.4, 0.5) is 0 Å². The summed E-state index contributed by atoms with van der Waals surface area (Å²) in [5.74, 6) is -0.380. The summed E-state index contributed by atoms with van der Waals surface area (Å²) >= 11 is 0. The Morgan fingerprint density at radius 3 is 2.86 bits per heavy atom. The molecule has 1 aliphatic rings. The van der Waals surface area contributed by atoms with E-state index in [9.17, 15) is 9.59 Å². The highest BCUT2D eigenvalue weighted by Crippen LogP contribution is 2.31. The van der Waals surface area contributed by atoms with Gasteiger partial charge in [-0.15, -0.1) is 0 Å². The summed E-state index contributed by atoms with van der Waals surface area (Å²) in [5, 5.41) is 9.13. The topological polar surface area (TPSA) is 63.6 Å². The Labute approximate surface area is 80.1 Å². The summed E-state index contributed by atoms with van der Waals surface area (Å²) in [6.45, 7) is 1.30. The van der Waals surface area contributed by atoms with Crippen LogP contribution in [0.25, 0.3) is 0 Å². The van der Waals surface area contributed by atoms with Crippen molar-refractivity contribution >= 4 is 11.6 Å². The molecule has 1 atom stereocenters. The number of ketones is 2. The lowest BCUT2D eigenvalue weighted by Crippen LogP contribution is -2.28. The minimum atomic E-state index is -1.04. The lowest BCUT2D eigenvalue weighted by Gasteiger charge is -2.03. The zero-order chi connectivity index (χ0) is 10.3. The molecule has 0 fully saturated rings. The largest absolute Gasteiger partial charge is 0.508 e. The number of hydrogen-bond donors (Lipinski definition) is 1. The van der Waals surface area contributed by atoms with Crippen LogP contribution < -0.4 is 4.74 Å². The van der Waals surface area contributed by atoms with Crippen molar-refractivity contribution in [3.63, 3.8) is 0 Å². The third kappa shape index (κ3) is 1.16. The monoisotopic (exact) mass is 192 g/mol. The van der Waals surface area contributed by atoms with Gasteiger partial charge in [0.05, 0.1) is 5.56 Å². The maximum atomic E-state index is 11.5. The van der Waals surface area contributed by atoms with E-state index in [0.29, 0.717) is 5.56 Å². The Balaban J connectivity index is 2.45. The van der Waals surface area contributed by atoms with Crippen LogP contribution in [0.5, 0.6) is 11.5 Å². The standard InChI is InChI=1S/C10H8O4/c1-5(11)10-9(13)7-3-2-6(12)4-8(7)14-10/h2-4,10,12H,1H3. The Hall–Kier alpha value is -1.84. The van der Waals surface area contributed by atoms with Gasteiger partial charge < -0.3 is 9.84 Å². The summed E-state index contributed by atoms with van der Waals surface area (Å²) in [5.41, 5.74) is 0.350. The lowest BCUT2D eigenvalue weighted by atomic mass is 10.1. The number of aromatic hydroxyl groups is 1. The van der Waals surface area contributed by atoms with E-state index in [4.69, 9.17) is 9.84 Å². The van der Waals surface area contributed by atoms with E-state index < -0.39 is 6.10 Å². The number of hydrogen-bond acceptors (Lipinski definition) is 4. The van der Waals surface area contributed by atoms with Crippen molar-refractivity contribution in [1.82, 2.24) is 0 Å². The first-order valence-corrected chi connectivity index (χ1v) is 4.14. The number of phenolic OH excluding ortho intramolecular Hbond substituents is 1. The highest BCUT2D eigenvalue weighted by molar-refractivity contribution is 6.16. The van der Waals surface area contributed by atoms with E-state index in [-0.39, 0.29) is 23.1 Å². The first-order valence-electron chi connectivity index (χ1n) is 4.14. The van der Waals surface area contributed by atoms with Gasteiger partial charge >= 0.3 is 0 Å². The summed E-state index contributed by atoms with van der Waals surface area (Å²) < 4.78 is 5.10. The molecule has 0 radical (unpaired) electrons. The van der Waals surface area contributed by atoms with Gasteiger partial charge in [-0.2, -0.15) is 0 Å². The molecule has 4 heteroatoms. The van der Waals surface area contributed by atoms with Crippen molar-refractivity contribution in [3.05, 3.63) is 23.8 Å². The van der Waals surface area contributed by atoms with Crippen LogP contribution in [0, 0.1) is 0 Å². The van der Waals surface area contributed by atoms with E-state index in [2.05, 4.69) is 0 Å². The van der Waals surface area contributed by atoms with Crippen LogP contribution in [0.15, 0.2) is 18.2 Å². The molecule has 1 N–H and O–H groups in total. The molecule has 0 amide bonds. The molecule has 1 aromatic rings. The molecule has 0 saturated carbocycles. The normalized spacial score (nSPS) is 18.9. The first-order chi connectivity index (χ1) is 6.59. The van der Waals surface area contributed by atoms with Crippen LogP contribution in [-0.2, 0) is 4.79 Å². The summed E-state index contributed by atoms with van der Waals surface area (Å²) in [4.78, 5) is 22.5. The molecular weight excluding hydrogens is 184 g/mol. The second kappa shape index (κ2) is 2.83. The number of phenols is 1. The van der Waals surface area contributed by atoms with Gasteiger partial charge in [-0.05, 0) is 19.1 Å². The smallest absolute Gasteiger partial charge is 0.219 e. The Kier molecular flexibility index (Phi) is 1.77. The average molecular weight is 192 g/mol. The molecule has 4 nitrogen and oxygen atoms in total. The predicted molar refractivity (Wildman–Crippen MR) is 47.5 cm³/mol. The van der Waals surface area contributed by atoms with Crippen molar-refractivity contribution in [1.29, 1.82) is 0 Å². The zero-order valence-corrected chi connectivity index (χ0v) is 7.48. The Morgan fingerprint density at radius 2 is 2.21 bits per heavy atom. The SMILES string of the molecule is CC(=O)C1Oc2cc(O)ccc2C1=O. The third-order valence-electron chi connectivity index (χ3n) is 2.08. The van der Waals surface area contributed by atoms with Crippen molar-refractivity contribution < 1.29 is 19.4 Å². The van der Waals surface area contributed by atoms with Crippen LogP contribution >= 0.6 is 0 Å². The maximum absolute atomic E-state index is 11.5. The van der Waals surface area contributed by atoms with E-state index in [0.717, 1.165) is 0 Å². The molecule has 2 rings (SSSR count). The molecule has 0 aromatic heterocycles. The second-order valence-electron chi connectivity index (χ2n) is 3.15. The van der Waals surface area contributed by atoms with E-state index in [1.165, 1.54) is 25.1 Å². The number of rotatable bonds is 1. The minimum Gasteiger partial charge on any atom is -0.508 e. The fraction of sp³-hybridized carbons (Fsp3) is 0.200. The fourth-order valence-electron chi connectivity index (χ4n) is 1.40. The molecular formula is C10H8O4. The fourth-order valence-corrected chi connectivity index (χ4v) is 1.40. The molecule has 72 valence electrons. The number of fused-ring (bicyclic) bond motifs is 1. The number of Topliss-reactive ketones (excluding diaryl/α,β-unsaturated/α-hetero) is 2. The number of carbonyl (C=O) groups excluding carboxylic acids is 2. The summed E-state index contributed by atoms with van der Waals surface area (Å²) in [6.07, 6.45) is -1.04. The number of carbonyl (C=O) groups is 2. The van der Waals surface area contributed by atoms with Crippen molar-refractivity contribution in [2.24, 2.45) is 0 Å². The van der Waals surface area contributed by atoms with Crippen LogP contribution in [0.1, 0.15) is 17.3 Å². The molecule has 0 bridgehead atoms. The molecule has 14 heavy (non-hydrogen) atoms.